The van der Waals surface area contributed by atoms with E-state index in [1.807, 2.05) is 12.1 Å². The highest BCUT2D eigenvalue weighted by Crippen LogP contribution is 2.15. The summed E-state index contributed by atoms with van der Waals surface area (Å²) in [4.78, 5) is 12.1. The van der Waals surface area contributed by atoms with Gasteiger partial charge >= 0.3 is 5.97 Å². The summed E-state index contributed by atoms with van der Waals surface area (Å²) in [5.74, 6) is -0.245. The second-order valence-corrected chi connectivity index (χ2v) is 5.29. The zero-order valence-electron chi connectivity index (χ0n) is 13.6. The molecule has 1 rings (SSSR count). The number of hydrogen-bond acceptors (Lipinski definition) is 3. The number of carbonyl (C=O) groups excluding carboxylic acids is 1. The van der Waals surface area contributed by atoms with Gasteiger partial charge in [-0.2, -0.15) is 0 Å². The van der Waals surface area contributed by atoms with E-state index in [1.54, 1.807) is 0 Å². The van der Waals surface area contributed by atoms with E-state index in [0.717, 1.165) is 32.1 Å². The van der Waals surface area contributed by atoms with Gasteiger partial charge in [0.05, 0.1) is 12.2 Å². The van der Waals surface area contributed by atoms with Crippen molar-refractivity contribution in [3.05, 3.63) is 34.9 Å². The second-order valence-electron chi connectivity index (χ2n) is 5.29. The van der Waals surface area contributed by atoms with Gasteiger partial charge in [-0.1, -0.05) is 39.7 Å². The second kappa shape index (κ2) is 10.4. The van der Waals surface area contributed by atoms with Gasteiger partial charge in [-0.3, -0.25) is 0 Å². The Morgan fingerprint density at radius 2 is 1.48 bits per heavy atom. The highest BCUT2D eigenvalue weighted by atomic mass is 16.6. The van der Waals surface area contributed by atoms with Crippen molar-refractivity contribution in [2.45, 2.75) is 52.9 Å². The first-order valence-corrected chi connectivity index (χ1v) is 8.08. The van der Waals surface area contributed by atoms with Crippen molar-refractivity contribution in [3.8, 4) is 0 Å². The smallest absolute Gasteiger partial charge is 0.338 e. The molecule has 0 radical (unpaired) electrons. The molecule has 0 saturated heterocycles. The van der Waals surface area contributed by atoms with Gasteiger partial charge in [0.2, 0.25) is 0 Å². The molecule has 0 bridgehead atoms. The normalized spacial score (nSPS) is 10.6. The average molecular weight is 292 g/mol. The third-order valence-corrected chi connectivity index (χ3v) is 3.17. The van der Waals surface area contributed by atoms with Gasteiger partial charge in [-0.25, -0.2) is 4.79 Å². The lowest BCUT2D eigenvalue weighted by molar-refractivity contribution is 0.0318. The zero-order valence-corrected chi connectivity index (χ0v) is 13.6. The van der Waals surface area contributed by atoms with Crippen molar-refractivity contribution in [3.63, 3.8) is 0 Å². The standard InChI is InChI=1S/C18H28O3/c1-4-7-15-12-16(8-5-2)14-17(13-15)18(19)21-11-10-20-9-6-3/h12-14H,4-11H2,1-3H3. The number of esters is 1. The van der Waals surface area contributed by atoms with Crippen LogP contribution < -0.4 is 0 Å². The Kier molecular flexibility index (Phi) is 8.76. The molecule has 0 heterocycles. The Balaban J connectivity index is 2.64. The molecule has 0 aliphatic carbocycles. The van der Waals surface area contributed by atoms with Crippen LogP contribution in [0.5, 0.6) is 0 Å². The van der Waals surface area contributed by atoms with E-state index in [1.165, 1.54) is 11.1 Å². The molecule has 118 valence electrons. The summed E-state index contributed by atoms with van der Waals surface area (Å²) < 4.78 is 10.6. The molecule has 0 saturated carbocycles. The lowest BCUT2D eigenvalue weighted by Gasteiger charge is -2.09. The van der Waals surface area contributed by atoms with Crippen LogP contribution in [0.2, 0.25) is 0 Å². The van der Waals surface area contributed by atoms with E-state index in [2.05, 4.69) is 26.8 Å². The van der Waals surface area contributed by atoms with Crippen LogP contribution in [0.1, 0.15) is 61.5 Å². The molecule has 1 aromatic carbocycles. The molecular weight excluding hydrogens is 264 g/mol. The topological polar surface area (TPSA) is 35.5 Å². The Labute approximate surface area is 128 Å². The van der Waals surface area contributed by atoms with E-state index >= 15 is 0 Å². The number of hydrogen-bond donors (Lipinski definition) is 0. The quantitative estimate of drug-likeness (QED) is 0.479. The minimum Gasteiger partial charge on any atom is -0.460 e. The molecular formula is C18H28O3. The molecule has 0 atom stereocenters. The maximum absolute atomic E-state index is 12.1. The Morgan fingerprint density at radius 3 is 2.00 bits per heavy atom. The van der Waals surface area contributed by atoms with Crippen LogP contribution >= 0.6 is 0 Å². The van der Waals surface area contributed by atoms with E-state index in [-0.39, 0.29) is 5.97 Å². The van der Waals surface area contributed by atoms with Crippen LogP contribution in [0.15, 0.2) is 18.2 Å². The van der Waals surface area contributed by atoms with Gasteiger partial charge in [0, 0.05) is 6.61 Å². The fraction of sp³-hybridized carbons (Fsp3) is 0.611. The summed E-state index contributed by atoms with van der Waals surface area (Å²) in [5, 5.41) is 0. The minimum absolute atomic E-state index is 0.245. The summed E-state index contributed by atoms with van der Waals surface area (Å²) in [7, 11) is 0. The maximum atomic E-state index is 12.1. The summed E-state index contributed by atoms with van der Waals surface area (Å²) in [5.41, 5.74) is 3.11. The number of rotatable bonds is 10. The molecule has 0 spiro atoms. The van der Waals surface area contributed by atoms with E-state index in [0.29, 0.717) is 25.4 Å². The minimum atomic E-state index is -0.245. The predicted molar refractivity (Wildman–Crippen MR) is 85.8 cm³/mol. The third-order valence-electron chi connectivity index (χ3n) is 3.17. The molecule has 0 aliphatic heterocycles. The molecule has 1 aromatic rings. The average Bonchev–Trinajstić information content (AvgIpc) is 2.47. The molecule has 0 aromatic heterocycles. The van der Waals surface area contributed by atoms with Gasteiger partial charge < -0.3 is 9.47 Å². The Morgan fingerprint density at radius 1 is 0.857 bits per heavy atom. The first-order chi connectivity index (χ1) is 10.2. The van der Waals surface area contributed by atoms with Crippen molar-refractivity contribution in [1.29, 1.82) is 0 Å². The Hall–Kier alpha value is -1.35. The first-order valence-electron chi connectivity index (χ1n) is 8.08. The highest BCUT2D eigenvalue weighted by molar-refractivity contribution is 5.89. The summed E-state index contributed by atoms with van der Waals surface area (Å²) in [6.45, 7) is 7.85. The van der Waals surface area contributed by atoms with Gasteiger partial charge in [-0.05, 0) is 42.5 Å². The third kappa shape index (κ3) is 6.76. The van der Waals surface area contributed by atoms with Crippen LogP contribution in [-0.4, -0.2) is 25.8 Å². The van der Waals surface area contributed by atoms with E-state index in [9.17, 15) is 4.79 Å². The number of aryl methyl sites for hydroxylation is 2. The molecule has 3 heteroatoms. The van der Waals surface area contributed by atoms with Crippen LogP contribution in [0.3, 0.4) is 0 Å². The zero-order chi connectivity index (χ0) is 15.5. The van der Waals surface area contributed by atoms with Gasteiger partial charge in [0.25, 0.3) is 0 Å². The number of benzene rings is 1. The molecule has 0 N–H and O–H groups in total. The number of carbonyl (C=O) groups is 1. The van der Waals surface area contributed by atoms with Gasteiger partial charge in [-0.15, -0.1) is 0 Å². The largest absolute Gasteiger partial charge is 0.460 e. The van der Waals surface area contributed by atoms with Crippen LogP contribution in [-0.2, 0) is 22.3 Å². The summed E-state index contributed by atoms with van der Waals surface area (Å²) in [6, 6.07) is 6.12. The fourth-order valence-corrected chi connectivity index (χ4v) is 2.27. The molecule has 21 heavy (non-hydrogen) atoms. The number of ether oxygens (including phenoxy) is 2. The highest BCUT2D eigenvalue weighted by Gasteiger charge is 2.10. The lowest BCUT2D eigenvalue weighted by Crippen LogP contribution is -2.12. The van der Waals surface area contributed by atoms with Crippen molar-refractivity contribution in [1.82, 2.24) is 0 Å². The van der Waals surface area contributed by atoms with Gasteiger partial charge in [0.15, 0.2) is 0 Å². The molecule has 0 aliphatic rings. The van der Waals surface area contributed by atoms with Crippen LogP contribution in [0.25, 0.3) is 0 Å². The monoisotopic (exact) mass is 292 g/mol. The van der Waals surface area contributed by atoms with E-state index < -0.39 is 0 Å². The SMILES string of the molecule is CCCOCCOC(=O)c1cc(CCC)cc(CCC)c1. The maximum Gasteiger partial charge on any atom is 0.338 e. The van der Waals surface area contributed by atoms with E-state index in [4.69, 9.17) is 9.47 Å². The molecule has 0 fully saturated rings. The van der Waals surface area contributed by atoms with Crippen LogP contribution in [0.4, 0.5) is 0 Å². The van der Waals surface area contributed by atoms with Crippen LogP contribution in [0, 0.1) is 0 Å². The lowest BCUT2D eigenvalue weighted by atomic mass is 10.00. The van der Waals surface area contributed by atoms with Gasteiger partial charge in [0.1, 0.15) is 6.61 Å². The summed E-state index contributed by atoms with van der Waals surface area (Å²) in [6.07, 6.45) is 5.13. The molecule has 0 amide bonds. The Bertz CT molecular complexity index is 402. The molecule has 0 unspecified atom stereocenters. The van der Waals surface area contributed by atoms with Crippen molar-refractivity contribution < 1.29 is 14.3 Å². The molecule has 3 nitrogen and oxygen atoms in total. The van der Waals surface area contributed by atoms with Crippen molar-refractivity contribution in [2.24, 2.45) is 0 Å². The predicted octanol–water partition coefficient (Wildman–Crippen LogP) is 4.18. The first kappa shape index (κ1) is 17.7. The summed E-state index contributed by atoms with van der Waals surface area (Å²) >= 11 is 0. The fourth-order valence-electron chi connectivity index (χ4n) is 2.27. The van der Waals surface area contributed by atoms with Crippen molar-refractivity contribution >= 4 is 5.97 Å². The van der Waals surface area contributed by atoms with Crippen molar-refractivity contribution in [2.75, 3.05) is 19.8 Å².